The number of aromatic nitrogens is 1. The Kier molecular flexibility index (Phi) is 6.56. The number of rotatable bonds is 4. The summed E-state index contributed by atoms with van der Waals surface area (Å²) in [5.74, 6) is -0.780. The van der Waals surface area contributed by atoms with Crippen LogP contribution in [0, 0.1) is 28.6 Å². The lowest BCUT2D eigenvalue weighted by Gasteiger charge is -2.65. The molecule has 8 atom stereocenters. The Balaban J connectivity index is 1.32. The lowest BCUT2D eigenvalue weighted by atomic mass is 9.41. The van der Waals surface area contributed by atoms with Crippen LogP contribution in [0.2, 0.25) is 0 Å². The van der Waals surface area contributed by atoms with Crippen molar-refractivity contribution >= 4 is 34.0 Å². The van der Waals surface area contributed by atoms with Crippen molar-refractivity contribution in [1.29, 1.82) is 0 Å². The first-order chi connectivity index (χ1) is 18.5. The largest absolute Gasteiger partial charge is 0.458 e. The van der Waals surface area contributed by atoms with E-state index in [1.807, 2.05) is 0 Å². The molecule has 9 nitrogen and oxygen atoms in total. The summed E-state index contributed by atoms with van der Waals surface area (Å²) in [4.78, 5) is 28.6. The molecule has 0 radical (unpaired) electrons. The molecule has 6 rings (SSSR count). The molecule has 4 fully saturated rings. The number of hydrogen-bond donors (Lipinski definition) is 4. The van der Waals surface area contributed by atoms with Gasteiger partial charge in [0.05, 0.1) is 22.9 Å². The van der Waals surface area contributed by atoms with Crippen molar-refractivity contribution in [2.45, 2.75) is 82.0 Å². The van der Waals surface area contributed by atoms with Gasteiger partial charge < -0.3 is 20.1 Å². The van der Waals surface area contributed by atoms with Crippen molar-refractivity contribution in [2.75, 3.05) is 6.61 Å². The third kappa shape index (κ3) is 4.04. The summed E-state index contributed by atoms with van der Waals surface area (Å²) in [5.41, 5.74) is 0.608. The van der Waals surface area contributed by atoms with Crippen molar-refractivity contribution in [1.82, 2.24) is 10.4 Å². The minimum absolute atomic E-state index is 0.0656. The van der Waals surface area contributed by atoms with E-state index in [9.17, 15) is 24.9 Å². The molecule has 1 aromatic rings. The number of ether oxygens (including phenoxy) is 1. The zero-order chi connectivity index (χ0) is 27.6. The number of fused-ring (bicyclic) bond motifs is 5. The van der Waals surface area contributed by atoms with Crippen LogP contribution in [0.25, 0.3) is 0 Å². The van der Waals surface area contributed by atoms with E-state index in [1.54, 1.807) is 24.6 Å². The predicted molar refractivity (Wildman–Crippen MR) is 145 cm³/mol. The molecular weight excluding hydrogens is 566 g/mol. The molecule has 1 aliphatic heterocycles. The lowest BCUT2D eigenvalue weighted by molar-refractivity contribution is -0.237. The fourth-order valence-corrected chi connectivity index (χ4v) is 9.53. The highest BCUT2D eigenvalue weighted by Gasteiger charge is 2.71. The Hall–Kier alpha value is -2.14. The third-order valence-electron chi connectivity index (χ3n) is 11.1. The van der Waals surface area contributed by atoms with Gasteiger partial charge in [-0.2, -0.15) is 5.10 Å². The van der Waals surface area contributed by atoms with E-state index in [4.69, 9.17) is 4.74 Å². The number of esters is 1. The molecule has 1 aromatic heterocycles. The number of amides is 1. The number of carbonyl (C=O) groups is 2. The molecule has 2 heterocycles. The van der Waals surface area contributed by atoms with E-state index in [0.29, 0.717) is 48.7 Å². The lowest BCUT2D eigenvalue weighted by Crippen LogP contribution is -2.68. The van der Waals surface area contributed by atoms with E-state index in [0.717, 1.165) is 24.8 Å². The van der Waals surface area contributed by atoms with Gasteiger partial charge in [0.1, 0.15) is 6.61 Å². The fraction of sp³-hybridized carbons (Fsp3) is 0.655. The second-order valence-corrected chi connectivity index (χ2v) is 13.5. The summed E-state index contributed by atoms with van der Waals surface area (Å²) in [7, 11) is 0. The van der Waals surface area contributed by atoms with Gasteiger partial charge in [-0.25, -0.2) is 10.2 Å². The molecular formula is C29H36BrN3O6. The SMILES string of the molecule is C[C@]12CC[C@H]3[C@@H](CC[C@]4(O)C[C@H](O)CC[C@]34/C=N\NC(=O)c3cncc(Br)c3)[C@@]1(O)CC[C@H]2C1=CC(=O)OC1. The second-order valence-electron chi connectivity index (χ2n) is 12.6. The number of aliphatic hydroxyl groups excluding tert-OH is 1. The number of carbonyl (C=O) groups excluding carboxylic acids is 2. The maximum atomic E-state index is 12.8. The van der Waals surface area contributed by atoms with Gasteiger partial charge >= 0.3 is 5.97 Å². The number of cyclic esters (lactones) is 1. The summed E-state index contributed by atoms with van der Waals surface area (Å²) in [6.07, 6.45) is 11.1. The highest BCUT2D eigenvalue weighted by atomic mass is 79.9. The van der Waals surface area contributed by atoms with Gasteiger partial charge in [-0.15, -0.1) is 0 Å². The van der Waals surface area contributed by atoms with Gasteiger partial charge in [0, 0.05) is 46.4 Å². The first kappa shape index (κ1) is 27.1. The van der Waals surface area contributed by atoms with Crippen LogP contribution in [-0.2, 0) is 9.53 Å². The Bertz CT molecular complexity index is 1260. The minimum atomic E-state index is -1.19. The Labute approximate surface area is 236 Å². The minimum Gasteiger partial charge on any atom is -0.458 e. The van der Waals surface area contributed by atoms with Gasteiger partial charge in [-0.1, -0.05) is 6.92 Å². The van der Waals surface area contributed by atoms with Crippen LogP contribution >= 0.6 is 15.9 Å². The summed E-state index contributed by atoms with van der Waals surface area (Å²) in [6.45, 7) is 2.45. The molecule has 4 aliphatic carbocycles. The molecule has 39 heavy (non-hydrogen) atoms. The molecule has 4 saturated carbocycles. The summed E-state index contributed by atoms with van der Waals surface area (Å²) < 4.78 is 5.91. The van der Waals surface area contributed by atoms with Gasteiger partial charge in [0.2, 0.25) is 0 Å². The van der Waals surface area contributed by atoms with E-state index in [-0.39, 0.29) is 30.1 Å². The number of aliphatic hydroxyl groups is 3. The maximum absolute atomic E-state index is 12.8. The van der Waals surface area contributed by atoms with Crippen molar-refractivity contribution in [3.63, 3.8) is 0 Å². The summed E-state index contributed by atoms with van der Waals surface area (Å²) in [6, 6.07) is 1.66. The second kappa shape index (κ2) is 9.46. The highest BCUT2D eigenvalue weighted by Crippen LogP contribution is 2.70. The average molecular weight is 603 g/mol. The fourth-order valence-electron chi connectivity index (χ4n) is 9.17. The van der Waals surface area contributed by atoms with Crippen molar-refractivity contribution in [3.8, 4) is 0 Å². The van der Waals surface area contributed by atoms with Gasteiger partial charge in [-0.05, 0) is 96.7 Å². The third-order valence-corrected chi connectivity index (χ3v) is 11.5. The van der Waals surface area contributed by atoms with Gasteiger partial charge in [-0.3, -0.25) is 9.78 Å². The predicted octanol–water partition coefficient (Wildman–Crippen LogP) is 3.27. The highest BCUT2D eigenvalue weighted by molar-refractivity contribution is 9.10. The van der Waals surface area contributed by atoms with Crippen LogP contribution in [0.4, 0.5) is 0 Å². The molecule has 0 saturated heterocycles. The molecule has 210 valence electrons. The van der Waals surface area contributed by atoms with Crippen LogP contribution in [0.1, 0.15) is 75.1 Å². The number of halogens is 1. The maximum Gasteiger partial charge on any atom is 0.331 e. The Morgan fingerprint density at radius 2 is 1.95 bits per heavy atom. The average Bonchev–Trinajstić information content (AvgIpc) is 3.43. The monoisotopic (exact) mass is 601 g/mol. The summed E-state index contributed by atoms with van der Waals surface area (Å²) >= 11 is 3.33. The standard InChI is InChI=1S/C29H36BrN3O6/c1-26-6-3-22-23(29(26,38)9-5-21(26)18-11-24(35)39-15-18)4-8-28(37)12-20(34)2-7-27(22,28)16-32-33-25(36)17-10-19(30)14-31-13-17/h10-11,13-14,16,20-23,34,37-38H,2-9,12,15H2,1H3,(H,33,36)/b32-16-/t20-,21+,22+,23-,26-,27+,28+,29+/m1/s1. The van der Waals surface area contributed by atoms with E-state index in [1.165, 1.54) is 6.20 Å². The smallest absolute Gasteiger partial charge is 0.331 e. The van der Waals surface area contributed by atoms with Crippen LogP contribution in [0.5, 0.6) is 0 Å². The van der Waals surface area contributed by atoms with Crippen molar-refractivity contribution in [2.24, 2.45) is 33.7 Å². The first-order valence-electron chi connectivity index (χ1n) is 14.0. The van der Waals surface area contributed by atoms with Crippen LogP contribution < -0.4 is 5.43 Å². The van der Waals surface area contributed by atoms with Crippen LogP contribution in [0.15, 0.2) is 39.7 Å². The Morgan fingerprint density at radius 3 is 2.69 bits per heavy atom. The van der Waals surface area contributed by atoms with E-state index < -0.39 is 34.0 Å². The molecule has 10 heteroatoms. The number of pyridine rings is 1. The topological polar surface area (TPSA) is 141 Å². The zero-order valence-corrected chi connectivity index (χ0v) is 23.7. The number of hydrazone groups is 1. The molecule has 0 aromatic carbocycles. The number of nitrogens with one attached hydrogen (secondary N) is 1. The van der Waals surface area contributed by atoms with Crippen molar-refractivity contribution < 1.29 is 29.6 Å². The van der Waals surface area contributed by atoms with E-state index in [2.05, 4.69) is 38.4 Å². The zero-order valence-electron chi connectivity index (χ0n) is 22.1. The number of nitrogens with zero attached hydrogens (tertiary/aromatic N) is 2. The molecule has 1 amide bonds. The van der Waals surface area contributed by atoms with Crippen LogP contribution in [0.3, 0.4) is 0 Å². The van der Waals surface area contributed by atoms with E-state index >= 15 is 0 Å². The molecule has 4 N–H and O–H groups in total. The summed E-state index contributed by atoms with van der Waals surface area (Å²) in [5, 5.41) is 39.5. The van der Waals surface area contributed by atoms with Crippen LogP contribution in [-0.4, -0.2) is 62.3 Å². The molecule has 5 aliphatic rings. The Morgan fingerprint density at radius 1 is 1.15 bits per heavy atom. The normalized spacial score (nSPS) is 43.3. The quantitative estimate of drug-likeness (QED) is 0.236. The van der Waals surface area contributed by atoms with Gasteiger partial charge in [0.25, 0.3) is 5.91 Å². The first-order valence-corrected chi connectivity index (χ1v) is 14.8. The molecule has 0 unspecified atom stereocenters. The molecule has 0 bridgehead atoms. The van der Waals surface area contributed by atoms with Crippen molar-refractivity contribution in [3.05, 3.63) is 40.1 Å². The number of hydrogen-bond acceptors (Lipinski definition) is 8. The molecule has 0 spiro atoms. The van der Waals surface area contributed by atoms with Gasteiger partial charge in [0.15, 0.2) is 0 Å².